The number of thiophene rings is 2. The molecule has 1 aromatic carbocycles. The summed E-state index contributed by atoms with van der Waals surface area (Å²) in [5.41, 5.74) is 2.20. The van der Waals surface area contributed by atoms with Crippen LogP contribution in [0.1, 0.15) is 33.2 Å². The van der Waals surface area contributed by atoms with Gasteiger partial charge < -0.3 is 0 Å². The molecule has 0 unspecified atom stereocenters. The maximum Gasteiger partial charge on any atom is 0.169 e. The second-order valence-corrected chi connectivity index (χ2v) is 7.19. The van der Waals surface area contributed by atoms with E-state index in [4.69, 9.17) is 0 Å². The lowest BCUT2D eigenvalue weighted by molar-refractivity contribution is 0.101. The molecular formula is C18H14O2S2. The van der Waals surface area contributed by atoms with Crippen molar-refractivity contribution in [1.82, 2.24) is 0 Å². The molecule has 0 saturated heterocycles. The number of hydrogen-bond donors (Lipinski definition) is 0. The summed E-state index contributed by atoms with van der Waals surface area (Å²) in [5, 5.41) is 0. The van der Waals surface area contributed by atoms with Crippen LogP contribution in [0.5, 0.6) is 0 Å². The smallest absolute Gasteiger partial charge is 0.169 e. The third-order valence-electron chi connectivity index (χ3n) is 3.36. The third-order valence-corrected chi connectivity index (χ3v) is 5.83. The zero-order valence-corrected chi connectivity index (χ0v) is 13.9. The third kappa shape index (κ3) is 2.93. The van der Waals surface area contributed by atoms with E-state index in [0.29, 0.717) is 0 Å². The molecule has 22 heavy (non-hydrogen) atoms. The first-order valence-electron chi connectivity index (χ1n) is 6.87. The molecule has 0 spiro atoms. The topological polar surface area (TPSA) is 34.1 Å². The second kappa shape index (κ2) is 5.99. The lowest BCUT2D eigenvalue weighted by atomic mass is 10.1. The molecule has 3 rings (SSSR count). The summed E-state index contributed by atoms with van der Waals surface area (Å²) in [4.78, 5) is 26.5. The van der Waals surface area contributed by atoms with E-state index >= 15 is 0 Å². The number of hydrogen-bond acceptors (Lipinski definition) is 4. The minimum absolute atomic E-state index is 0.100. The molecule has 0 aliphatic heterocycles. The zero-order valence-electron chi connectivity index (χ0n) is 12.3. The monoisotopic (exact) mass is 326 g/mol. The fraction of sp³-hybridized carbons (Fsp3) is 0.111. The Kier molecular flexibility index (Phi) is 4.05. The first-order chi connectivity index (χ1) is 10.5. The Bertz CT molecular complexity index is 767. The lowest BCUT2D eigenvalue weighted by Crippen LogP contribution is -1.83. The standard InChI is InChI=1S/C18H14O2S2/c1-11(19)15-7-9-17(21-15)13-3-5-14(6-4-13)18-10-8-16(22-18)12(2)20/h3-10H,1-2H3. The number of rotatable bonds is 4. The molecule has 110 valence electrons. The van der Waals surface area contributed by atoms with Crippen molar-refractivity contribution in [3.63, 3.8) is 0 Å². The SMILES string of the molecule is CC(=O)c1ccc(-c2ccc(-c3ccc(C(C)=O)s3)cc2)s1. The molecule has 0 atom stereocenters. The Labute approximate surface area is 137 Å². The van der Waals surface area contributed by atoms with Crippen molar-refractivity contribution in [2.75, 3.05) is 0 Å². The van der Waals surface area contributed by atoms with Gasteiger partial charge in [-0.15, -0.1) is 22.7 Å². The van der Waals surface area contributed by atoms with Gasteiger partial charge in [0.25, 0.3) is 0 Å². The summed E-state index contributed by atoms with van der Waals surface area (Å²) in [6, 6.07) is 15.9. The van der Waals surface area contributed by atoms with Crippen LogP contribution in [-0.2, 0) is 0 Å². The molecule has 2 nitrogen and oxygen atoms in total. The van der Waals surface area contributed by atoms with Crippen molar-refractivity contribution < 1.29 is 9.59 Å². The van der Waals surface area contributed by atoms with Crippen LogP contribution in [-0.4, -0.2) is 11.6 Å². The number of benzene rings is 1. The normalized spacial score (nSPS) is 10.6. The highest BCUT2D eigenvalue weighted by Gasteiger charge is 2.08. The van der Waals surface area contributed by atoms with Gasteiger partial charge in [-0.05, 0) is 49.2 Å². The summed E-state index contributed by atoms with van der Waals surface area (Å²) < 4.78 is 0. The van der Waals surface area contributed by atoms with Crippen LogP contribution in [0, 0.1) is 0 Å². The molecular weight excluding hydrogens is 312 g/mol. The lowest BCUT2D eigenvalue weighted by Gasteiger charge is -2.00. The van der Waals surface area contributed by atoms with Crippen LogP contribution in [0.25, 0.3) is 20.9 Å². The highest BCUT2D eigenvalue weighted by Crippen LogP contribution is 2.32. The second-order valence-electron chi connectivity index (χ2n) is 5.02. The summed E-state index contributed by atoms with van der Waals surface area (Å²) in [5.74, 6) is 0.200. The summed E-state index contributed by atoms with van der Waals surface area (Å²) in [6.07, 6.45) is 0. The Morgan fingerprint density at radius 2 is 1.00 bits per heavy atom. The maximum absolute atomic E-state index is 11.4. The fourth-order valence-electron chi connectivity index (χ4n) is 2.16. The minimum Gasteiger partial charge on any atom is -0.294 e. The highest BCUT2D eigenvalue weighted by atomic mass is 32.1. The molecule has 0 aliphatic rings. The quantitative estimate of drug-likeness (QED) is 0.589. The van der Waals surface area contributed by atoms with Crippen LogP contribution in [0.3, 0.4) is 0 Å². The summed E-state index contributed by atoms with van der Waals surface area (Å²) in [7, 11) is 0. The number of carbonyl (C=O) groups is 2. The van der Waals surface area contributed by atoms with Gasteiger partial charge in [-0.1, -0.05) is 24.3 Å². The van der Waals surface area contributed by atoms with E-state index in [1.54, 1.807) is 13.8 Å². The van der Waals surface area contributed by atoms with Crippen molar-refractivity contribution >= 4 is 34.2 Å². The number of carbonyl (C=O) groups excluding carboxylic acids is 2. The molecule has 2 heterocycles. The van der Waals surface area contributed by atoms with Gasteiger partial charge in [0.1, 0.15) is 0 Å². The molecule has 0 bridgehead atoms. The molecule has 0 amide bonds. The van der Waals surface area contributed by atoms with Crippen molar-refractivity contribution in [1.29, 1.82) is 0 Å². The molecule has 0 fully saturated rings. The largest absolute Gasteiger partial charge is 0.294 e. The fourth-order valence-corrected chi connectivity index (χ4v) is 3.98. The zero-order chi connectivity index (χ0) is 15.7. The van der Waals surface area contributed by atoms with Crippen LogP contribution in [0.15, 0.2) is 48.5 Å². The number of ketones is 2. The van der Waals surface area contributed by atoms with Gasteiger partial charge >= 0.3 is 0 Å². The molecule has 4 heteroatoms. The van der Waals surface area contributed by atoms with Gasteiger partial charge in [0.15, 0.2) is 11.6 Å². The predicted molar refractivity (Wildman–Crippen MR) is 93.1 cm³/mol. The summed E-state index contributed by atoms with van der Waals surface area (Å²) in [6.45, 7) is 3.17. The van der Waals surface area contributed by atoms with E-state index in [-0.39, 0.29) is 11.6 Å². The van der Waals surface area contributed by atoms with Crippen molar-refractivity contribution in [2.45, 2.75) is 13.8 Å². The van der Waals surface area contributed by atoms with Crippen LogP contribution >= 0.6 is 22.7 Å². The van der Waals surface area contributed by atoms with Gasteiger partial charge in [-0.2, -0.15) is 0 Å². The Morgan fingerprint density at radius 1 is 0.636 bits per heavy atom. The van der Waals surface area contributed by atoms with E-state index in [2.05, 4.69) is 24.3 Å². The van der Waals surface area contributed by atoms with Crippen LogP contribution in [0.4, 0.5) is 0 Å². The van der Waals surface area contributed by atoms with Gasteiger partial charge in [0, 0.05) is 9.75 Å². The molecule has 0 N–H and O–H groups in total. The molecule has 0 radical (unpaired) electrons. The van der Waals surface area contributed by atoms with Gasteiger partial charge in [0.2, 0.25) is 0 Å². The first kappa shape index (κ1) is 14.9. The van der Waals surface area contributed by atoms with Crippen molar-refractivity contribution in [3.05, 3.63) is 58.3 Å². The molecule has 3 aromatic rings. The Morgan fingerprint density at radius 3 is 1.27 bits per heavy atom. The Balaban J connectivity index is 1.88. The molecule has 0 saturated carbocycles. The van der Waals surface area contributed by atoms with Crippen LogP contribution < -0.4 is 0 Å². The van der Waals surface area contributed by atoms with Crippen molar-refractivity contribution in [3.8, 4) is 20.9 Å². The maximum atomic E-state index is 11.4. The van der Waals surface area contributed by atoms with Gasteiger partial charge in [0.05, 0.1) is 9.75 Å². The highest BCUT2D eigenvalue weighted by molar-refractivity contribution is 7.17. The van der Waals surface area contributed by atoms with Crippen LogP contribution in [0.2, 0.25) is 0 Å². The van der Waals surface area contributed by atoms with E-state index in [1.165, 1.54) is 22.7 Å². The minimum atomic E-state index is 0.100. The Hall–Kier alpha value is -2.04. The van der Waals surface area contributed by atoms with E-state index in [9.17, 15) is 9.59 Å². The van der Waals surface area contributed by atoms with Crippen molar-refractivity contribution in [2.24, 2.45) is 0 Å². The van der Waals surface area contributed by atoms with Gasteiger partial charge in [-0.3, -0.25) is 9.59 Å². The van der Waals surface area contributed by atoms with E-state index in [1.807, 2.05) is 24.3 Å². The number of Topliss-reactive ketones (excluding diaryl/α,β-unsaturated/α-hetero) is 2. The molecule has 2 aromatic heterocycles. The van der Waals surface area contributed by atoms with E-state index < -0.39 is 0 Å². The molecule has 0 aliphatic carbocycles. The van der Waals surface area contributed by atoms with Gasteiger partial charge in [-0.25, -0.2) is 0 Å². The summed E-state index contributed by atoms with van der Waals surface area (Å²) >= 11 is 3.02. The van der Waals surface area contributed by atoms with E-state index in [0.717, 1.165) is 30.6 Å². The average molecular weight is 326 g/mol. The predicted octanol–water partition coefficient (Wildman–Crippen LogP) is 5.55. The average Bonchev–Trinajstić information content (AvgIpc) is 3.17. The first-order valence-corrected chi connectivity index (χ1v) is 8.50.